The molecule has 8 nitrogen and oxygen atoms in total. The van der Waals surface area contributed by atoms with Crippen LogP contribution in [0.15, 0.2) is 16.3 Å². The van der Waals surface area contributed by atoms with Crippen LogP contribution in [-0.2, 0) is 19.7 Å². The second-order valence-electron chi connectivity index (χ2n) is 2.76. The molecule has 0 fully saturated rings. The number of hydrogen-bond acceptors (Lipinski definition) is 6. The molecule has 0 aliphatic rings. The van der Waals surface area contributed by atoms with Crippen molar-refractivity contribution < 1.29 is 28.0 Å². The zero-order valence-electron chi connectivity index (χ0n) is 8.24. The number of aromatic carboxylic acids is 1. The molecule has 0 unspecified atom stereocenters. The normalized spacial score (nSPS) is 11.3. The molecule has 0 bridgehead atoms. The van der Waals surface area contributed by atoms with E-state index in [0.29, 0.717) is 0 Å². The van der Waals surface area contributed by atoms with Crippen molar-refractivity contribution in [1.29, 1.82) is 0 Å². The smallest absolute Gasteiger partial charge is 0.347 e. The van der Waals surface area contributed by atoms with E-state index in [1.54, 1.807) is 4.89 Å². The molecule has 0 atom stereocenters. The number of carboxylic acid groups (broad SMARTS) is 1. The molecule has 10 heteroatoms. The molecule has 0 aliphatic heterocycles. The quantitative estimate of drug-likeness (QED) is 0.580. The van der Waals surface area contributed by atoms with Crippen molar-refractivity contribution in [2.45, 2.75) is 4.90 Å². The number of carbonyl (C=O) groups is 2. The molecule has 1 amide bonds. The SMILES string of the molecule is NC(=O)CONS(=O)(=O)c1ccsc1C(=O)O. The fourth-order valence-corrected chi connectivity index (χ4v) is 2.96. The molecule has 1 rings (SSSR count). The highest BCUT2D eigenvalue weighted by atomic mass is 32.2. The standard InChI is InChI=1S/C7H8N2O6S2/c8-5(10)3-15-9-17(13,14)4-1-2-16-6(4)7(11)12/h1-2,9H,3H2,(H2,8,10)(H,11,12). The van der Waals surface area contributed by atoms with Gasteiger partial charge < -0.3 is 10.8 Å². The molecule has 0 saturated carbocycles. The molecule has 1 aromatic heterocycles. The van der Waals surface area contributed by atoms with Crippen LogP contribution in [0.1, 0.15) is 9.67 Å². The zero-order valence-corrected chi connectivity index (χ0v) is 9.88. The van der Waals surface area contributed by atoms with Gasteiger partial charge in [-0.2, -0.15) is 0 Å². The predicted octanol–water partition coefficient (Wildman–Crippen LogP) is -0.859. The maximum Gasteiger partial charge on any atom is 0.347 e. The number of carboxylic acids is 1. The average Bonchev–Trinajstić information content (AvgIpc) is 2.65. The van der Waals surface area contributed by atoms with Crippen molar-refractivity contribution in [1.82, 2.24) is 4.89 Å². The summed E-state index contributed by atoms with van der Waals surface area (Å²) in [5.41, 5.74) is 4.73. The van der Waals surface area contributed by atoms with Gasteiger partial charge in [-0.05, 0) is 11.4 Å². The van der Waals surface area contributed by atoms with Crippen molar-refractivity contribution in [2.24, 2.45) is 5.73 Å². The highest BCUT2D eigenvalue weighted by Gasteiger charge is 2.24. The van der Waals surface area contributed by atoms with Gasteiger partial charge in [-0.3, -0.25) is 9.63 Å². The number of carbonyl (C=O) groups excluding carboxylic acids is 1. The molecule has 0 aliphatic carbocycles. The lowest BCUT2D eigenvalue weighted by Crippen LogP contribution is -2.30. The lowest BCUT2D eigenvalue weighted by Gasteiger charge is -2.04. The summed E-state index contributed by atoms with van der Waals surface area (Å²) in [7, 11) is -4.14. The van der Waals surface area contributed by atoms with Crippen LogP contribution in [0.3, 0.4) is 0 Å². The highest BCUT2D eigenvalue weighted by molar-refractivity contribution is 7.89. The Morgan fingerprint density at radius 1 is 1.53 bits per heavy atom. The molecular weight excluding hydrogens is 272 g/mol. The van der Waals surface area contributed by atoms with Crippen LogP contribution in [0.2, 0.25) is 0 Å². The van der Waals surface area contributed by atoms with Crippen LogP contribution in [-0.4, -0.2) is 32.0 Å². The van der Waals surface area contributed by atoms with Crippen LogP contribution in [0.25, 0.3) is 0 Å². The van der Waals surface area contributed by atoms with Gasteiger partial charge in [0, 0.05) is 0 Å². The van der Waals surface area contributed by atoms with E-state index in [4.69, 9.17) is 10.8 Å². The Bertz CT molecular complexity index is 534. The predicted molar refractivity (Wildman–Crippen MR) is 56.7 cm³/mol. The molecule has 0 aromatic carbocycles. The Morgan fingerprint density at radius 3 is 2.71 bits per heavy atom. The number of amides is 1. The second kappa shape index (κ2) is 5.23. The molecule has 94 valence electrons. The van der Waals surface area contributed by atoms with Gasteiger partial charge in [0.15, 0.2) is 0 Å². The van der Waals surface area contributed by atoms with Crippen LogP contribution in [0, 0.1) is 0 Å². The minimum Gasteiger partial charge on any atom is -0.477 e. The van der Waals surface area contributed by atoms with E-state index in [0.717, 1.165) is 17.4 Å². The minimum atomic E-state index is -4.14. The van der Waals surface area contributed by atoms with Gasteiger partial charge in [-0.15, -0.1) is 11.3 Å². The Labute approximate surface area is 100 Å². The zero-order chi connectivity index (χ0) is 13.1. The molecule has 0 saturated heterocycles. The summed E-state index contributed by atoms with van der Waals surface area (Å²) in [6, 6.07) is 1.12. The first-order valence-electron chi connectivity index (χ1n) is 4.07. The fourth-order valence-electron chi connectivity index (χ4n) is 0.888. The van der Waals surface area contributed by atoms with Gasteiger partial charge in [-0.25, -0.2) is 13.2 Å². The minimum absolute atomic E-state index is 0.347. The van der Waals surface area contributed by atoms with Crippen LogP contribution >= 0.6 is 11.3 Å². The Morgan fingerprint density at radius 2 is 2.18 bits per heavy atom. The van der Waals surface area contributed by atoms with E-state index < -0.39 is 33.4 Å². The van der Waals surface area contributed by atoms with E-state index in [1.807, 2.05) is 0 Å². The van der Waals surface area contributed by atoms with Crippen LogP contribution in [0.5, 0.6) is 0 Å². The number of nitrogens with two attached hydrogens (primary N) is 1. The van der Waals surface area contributed by atoms with Gasteiger partial charge in [0.25, 0.3) is 10.0 Å². The summed E-state index contributed by atoms with van der Waals surface area (Å²) in [5, 5.41) is 10.0. The van der Waals surface area contributed by atoms with E-state index in [1.165, 1.54) is 5.38 Å². The van der Waals surface area contributed by atoms with E-state index >= 15 is 0 Å². The molecule has 1 aromatic rings. The molecule has 0 spiro atoms. The number of hydrogen-bond donors (Lipinski definition) is 3. The highest BCUT2D eigenvalue weighted by Crippen LogP contribution is 2.21. The van der Waals surface area contributed by atoms with Crippen molar-refractivity contribution >= 4 is 33.2 Å². The van der Waals surface area contributed by atoms with Crippen molar-refractivity contribution in [3.63, 3.8) is 0 Å². The summed E-state index contributed by atoms with van der Waals surface area (Å²) in [5.74, 6) is -2.23. The maximum absolute atomic E-state index is 11.6. The van der Waals surface area contributed by atoms with Crippen LogP contribution < -0.4 is 10.6 Å². The largest absolute Gasteiger partial charge is 0.477 e. The number of sulfonamides is 1. The number of primary amides is 1. The van der Waals surface area contributed by atoms with Crippen molar-refractivity contribution in [3.8, 4) is 0 Å². The third-order valence-electron chi connectivity index (χ3n) is 1.50. The van der Waals surface area contributed by atoms with Crippen LogP contribution in [0.4, 0.5) is 0 Å². The topological polar surface area (TPSA) is 136 Å². The molecular formula is C7H8N2O6S2. The van der Waals surface area contributed by atoms with Crippen molar-refractivity contribution in [3.05, 3.63) is 16.3 Å². The molecule has 0 radical (unpaired) electrons. The maximum atomic E-state index is 11.6. The van der Waals surface area contributed by atoms with E-state index in [2.05, 4.69) is 4.84 Å². The van der Waals surface area contributed by atoms with E-state index in [-0.39, 0.29) is 4.88 Å². The van der Waals surface area contributed by atoms with Gasteiger partial charge in [0.05, 0.1) is 0 Å². The summed E-state index contributed by atoms with van der Waals surface area (Å²) in [4.78, 5) is 26.2. The lowest BCUT2D eigenvalue weighted by molar-refractivity contribution is -0.123. The van der Waals surface area contributed by atoms with Gasteiger partial charge >= 0.3 is 5.97 Å². The third kappa shape index (κ3) is 3.49. The van der Waals surface area contributed by atoms with Gasteiger partial charge in [0.1, 0.15) is 16.4 Å². The summed E-state index contributed by atoms with van der Waals surface area (Å²) >= 11 is 0.758. The Hall–Kier alpha value is -1.49. The first kappa shape index (κ1) is 13.6. The third-order valence-corrected chi connectivity index (χ3v) is 3.78. The first-order chi connectivity index (χ1) is 7.84. The first-order valence-corrected chi connectivity index (χ1v) is 6.43. The summed E-state index contributed by atoms with van der Waals surface area (Å²) < 4.78 is 23.1. The number of rotatable bonds is 6. The Balaban J connectivity index is 2.86. The number of nitrogens with one attached hydrogen (secondary N) is 1. The molecule has 1 heterocycles. The summed E-state index contributed by atoms with van der Waals surface area (Å²) in [6.45, 7) is -0.647. The molecule has 17 heavy (non-hydrogen) atoms. The lowest BCUT2D eigenvalue weighted by atomic mass is 10.5. The molecule has 4 N–H and O–H groups in total. The van der Waals surface area contributed by atoms with Gasteiger partial charge in [-0.1, -0.05) is 4.89 Å². The number of thiophene rings is 1. The second-order valence-corrected chi connectivity index (χ2v) is 5.29. The van der Waals surface area contributed by atoms with Gasteiger partial charge in [0.2, 0.25) is 5.91 Å². The average molecular weight is 280 g/mol. The Kier molecular flexibility index (Phi) is 4.17. The van der Waals surface area contributed by atoms with Crippen molar-refractivity contribution in [2.75, 3.05) is 6.61 Å². The summed E-state index contributed by atoms with van der Waals surface area (Å²) in [6.07, 6.45) is 0. The monoisotopic (exact) mass is 280 g/mol. The fraction of sp³-hybridized carbons (Fsp3) is 0.143. The van der Waals surface area contributed by atoms with E-state index in [9.17, 15) is 18.0 Å².